The summed E-state index contributed by atoms with van der Waals surface area (Å²) in [7, 11) is 0. The van der Waals surface area contributed by atoms with Crippen molar-refractivity contribution in [2.45, 2.75) is 0 Å². The summed E-state index contributed by atoms with van der Waals surface area (Å²) in [6, 6.07) is 4.99. The number of carbonyl (C=O) groups excluding carboxylic acids is 1. The largest absolute Gasteiger partial charge is 0.398 e. The van der Waals surface area contributed by atoms with E-state index >= 15 is 0 Å². The minimum Gasteiger partial charge on any atom is -0.398 e. The average molecular weight is 368 g/mol. The van der Waals surface area contributed by atoms with Crippen LogP contribution < -0.4 is 11.1 Å². The van der Waals surface area contributed by atoms with Crippen LogP contribution in [0.5, 0.6) is 0 Å². The number of halogens is 2. The average Bonchev–Trinajstić information content (AvgIpc) is 2.90. The van der Waals surface area contributed by atoms with Crippen molar-refractivity contribution < 1.29 is 4.79 Å². The number of nitrogens with two attached hydrogens (primary N) is 1. The molecule has 21 heavy (non-hydrogen) atoms. The van der Waals surface area contributed by atoms with Gasteiger partial charge in [0.25, 0.3) is 5.91 Å². The van der Waals surface area contributed by atoms with Crippen molar-refractivity contribution in [3.8, 4) is 0 Å². The van der Waals surface area contributed by atoms with E-state index in [2.05, 4.69) is 41.2 Å². The number of anilines is 2. The topological polar surface area (TPSA) is 110 Å². The highest BCUT2D eigenvalue weighted by atomic mass is 79.9. The summed E-state index contributed by atoms with van der Waals surface area (Å²) in [5.41, 5.74) is 7.46. The zero-order chi connectivity index (χ0) is 15.0. The van der Waals surface area contributed by atoms with Gasteiger partial charge in [0, 0.05) is 5.69 Å². The van der Waals surface area contributed by atoms with Gasteiger partial charge in [0.05, 0.1) is 16.4 Å². The van der Waals surface area contributed by atoms with Crippen LogP contribution in [0.15, 0.2) is 29.0 Å². The second-order valence-corrected chi connectivity index (χ2v) is 5.25. The SMILES string of the molecule is Nc1cccc(C(=O)Nc2nc(Cl)c3[nH]cnc3n2)c1Br. The molecule has 0 bridgehead atoms. The molecular weight excluding hydrogens is 360 g/mol. The summed E-state index contributed by atoms with van der Waals surface area (Å²) in [6.07, 6.45) is 1.45. The van der Waals surface area contributed by atoms with Crippen molar-refractivity contribution in [2.24, 2.45) is 0 Å². The van der Waals surface area contributed by atoms with Gasteiger partial charge in [0.1, 0.15) is 5.52 Å². The first-order valence-corrected chi connectivity index (χ1v) is 6.95. The van der Waals surface area contributed by atoms with Gasteiger partial charge in [-0.3, -0.25) is 10.1 Å². The molecule has 0 aliphatic heterocycles. The van der Waals surface area contributed by atoms with E-state index < -0.39 is 5.91 Å². The van der Waals surface area contributed by atoms with Crippen LogP contribution in [0.2, 0.25) is 5.15 Å². The van der Waals surface area contributed by atoms with Crippen LogP contribution in [0.3, 0.4) is 0 Å². The van der Waals surface area contributed by atoms with E-state index in [1.165, 1.54) is 6.33 Å². The predicted octanol–water partition coefficient (Wildman–Crippen LogP) is 2.60. The highest BCUT2D eigenvalue weighted by Crippen LogP contribution is 2.25. The first kappa shape index (κ1) is 13.8. The molecule has 2 aromatic heterocycles. The van der Waals surface area contributed by atoms with Crippen molar-refractivity contribution in [3.05, 3.63) is 39.7 Å². The molecule has 3 aromatic rings. The second-order valence-electron chi connectivity index (χ2n) is 4.10. The Bertz CT molecular complexity index is 849. The standard InChI is InChI=1S/C12H8BrClN6O/c13-7-5(2-1-3-6(7)15)11(21)20-12-18-9(14)8-10(19-12)17-4-16-8/h1-4H,15H2,(H2,16,17,18,19,20,21). The van der Waals surface area contributed by atoms with E-state index in [1.807, 2.05) is 0 Å². The second kappa shape index (κ2) is 5.30. The van der Waals surface area contributed by atoms with Crippen molar-refractivity contribution in [2.75, 3.05) is 11.1 Å². The number of hydrogen-bond acceptors (Lipinski definition) is 5. The minimum absolute atomic E-state index is 0.0684. The molecule has 106 valence electrons. The van der Waals surface area contributed by atoms with Crippen LogP contribution in [0.1, 0.15) is 10.4 Å². The Hall–Kier alpha value is -2.19. The highest BCUT2D eigenvalue weighted by Gasteiger charge is 2.15. The van der Waals surface area contributed by atoms with Gasteiger partial charge in [-0.15, -0.1) is 0 Å². The van der Waals surface area contributed by atoms with Crippen LogP contribution in [-0.2, 0) is 0 Å². The van der Waals surface area contributed by atoms with E-state index in [9.17, 15) is 4.79 Å². The number of carbonyl (C=O) groups is 1. The summed E-state index contributed by atoms with van der Waals surface area (Å²) in [4.78, 5) is 27.1. The summed E-state index contributed by atoms with van der Waals surface area (Å²) in [6.45, 7) is 0. The number of aromatic amines is 1. The lowest BCUT2D eigenvalue weighted by Gasteiger charge is -2.07. The van der Waals surface area contributed by atoms with Gasteiger partial charge < -0.3 is 10.7 Å². The van der Waals surface area contributed by atoms with Crippen molar-refractivity contribution in [3.63, 3.8) is 0 Å². The van der Waals surface area contributed by atoms with Gasteiger partial charge in [0.2, 0.25) is 5.95 Å². The number of rotatable bonds is 2. The van der Waals surface area contributed by atoms with Gasteiger partial charge in [-0.2, -0.15) is 9.97 Å². The number of nitrogen functional groups attached to an aromatic ring is 1. The van der Waals surface area contributed by atoms with E-state index in [-0.39, 0.29) is 11.1 Å². The summed E-state index contributed by atoms with van der Waals surface area (Å²) < 4.78 is 0.509. The molecule has 7 nitrogen and oxygen atoms in total. The van der Waals surface area contributed by atoms with E-state index in [4.69, 9.17) is 17.3 Å². The molecule has 0 aliphatic carbocycles. The van der Waals surface area contributed by atoms with Crippen molar-refractivity contribution >= 4 is 56.2 Å². The molecule has 0 saturated heterocycles. The van der Waals surface area contributed by atoms with Crippen molar-refractivity contribution in [1.29, 1.82) is 0 Å². The van der Waals surface area contributed by atoms with Gasteiger partial charge in [-0.25, -0.2) is 4.98 Å². The highest BCUT2D eigenvalue weighted by molar-refractivity contribution is 9.10. The summed E-state index contributed by atoms with van der Waals surface area (Å²) in [5, 5.41) is 2.74. The number of nitrogens with one attached hydrogen (secondary N) is 2. The first-order valence-electron chi connectivity index (χ1n) is 5.78. The molecule has 4 N–H and O–H groups in total. The van der Waals surface area contributed by atoms with Crippen molar-refractivity contribution in [1.82, 2.24) is 19.9 Å². The quantitative estimate of drug-likeness (QED) is 0.476. The number of hydrogen-bond donors (Lipinski definition) is 3. The number of imidazole rings is 1. The number of nitrogens with zero attached hydrogens (tertiary/aromatic N) is 3. The lowest BCUT2D eigenvalue weighted by molar-refractivity contribution is 0.102. The molecule has 0 spiro atoms. The molecule has 0 fully saturated rings. The zero-order valence-electron chi connectivity index (χ0n) is 10.4. The maximum Gasteiger partial charge on any atom is 0.259 e. The number of fused-ring (bicyclic) bond motifs is 1. The first-order chi connectivity index (χ1) is 10.1. The monoisotopic (exact) mass is 366 g/mol. The Kier molecular flexibility index (Phi) is 3.48. The van der Waals surface area contributed by atoms with Crippen LogP contribution in [-0.4, -0.2) is 25.8 Å². The molecule has 9 heteroatoms. The smallest absolute Gasteiger partial charge is 0.259 e. The summed E-state index contributed by atoms with van der Waals surface area (Å²) >= 11 is 9.26. The maximum absolute atomic E-state index is 12.2. The molecule has 0 aliphatic rings. The van der Waals surface area contributed by atoms with E-state index in [0.29, 0.717) is 26.9 Å². The Balaban J connectivity index is 1.94. The number of benzene rings is 1. The molecule has 1 amide bonds. The molecule has 1 aromatic carbocycles. The Labute approximate surface area is 132 Å². The number of amides is 1. The fourth-order valence-corrected chi connectivity index (χ4v) is 2.41. The zero-order valence-corrected chi connectivity index (χ0v) is 12.7. The molecular formula is C12H8BrClN6O. The van der Waals surface area contributed by atoms with Crippen LogP contribution in [0.25, 0.3) is 11.2 Å². The Morgan fingerprint density at radius 3 is 3.00 bits per heavy atom. The Morgan fingerprint density at radius 2 is 2.19 bits per heavy atom. The van der Waals surface area contributed by atoms with Crippen LogP contribution in [0.4, 0.5) is 11.6 Å². The number of H-pyrrole nitrogens is 1. The minimum atomic E-state index is -0.403. The molecule has 0 unspecified atom stereocenters. The van der Waals surface area contributed by atoms with Crippen LogP contribution in [0, 0.1) is 0 Å². The van der Waals surface area contributed by atoms with E-state index in [1.54, 1.807) is 18.2 Å². The maximum atomic E-state index is 12.2. The predicted molar refractivity (Wildman–Crippen MR) is 83.2 cm³/mol. The van der Waals surface area contributed by atoms with Gasteiger partial charge in [0.15, 0.2) is 10.8 Å². The third-order valence-electron chi connectivity index (χ3n) is 2.74. The molecule has 2 heterocycles. The third-order valence-corrected chi connectivity index (χ3v) is 3.90. The van der Waals surface area contributed by atoms with Gasteiger partial charge >= 0.3 is 0 Å². The molecule has 0 saturated carbocycles. The Morgan fingerprint density at radius 1 is 1.38 bits per heavy atom. The fourth-order valence-electron chi connectivity index (χ4n) is 1.75. The number of aromatic nitrogens is 4. The molecule has 0 radical (unpaired) electrons. The normalized spacial score (nSPS) is 10.8. The molecule has 0 atom stereocenters. The van der Waals surface area contributed by atoms with Crippen LogP contribution >= 0.6 is 27.5 Å². The lowest BCUT2D eigenvalue weighted by Crippen LogP contribution is -2.15. The van der Waals surface area contributed by atoms with E-state index in [0.717, 1.165) is 0 Å². The van der Waals surface area contributed by atoms with Gasteiger partial charge in [-0.1, -0.05) is 17.7 Å². The fraction of sp³-hybridized carbons (Fsp3) is 0. The molecule has 3 rings (SSSR count). The third kappa shape index (κ3) is 2.55. The van der Waals surface area contributed by atoms with Gasteiger partial charge in [-0.05, 0) is 28.1 Å². The lowest BCUT2D eigenvalue weighted by atomic mass is 10.2. The summed E-state index contributed by atoms with van der Waals surface area (Å²) in [5.74, 6) is -0.334.